The van der Waals surface area contributed by atoms with Gasteiger partial charge in [-0.2, -0.15) is 0 Å². The molecule has 35 heavy (non-hydrogen) atoms. The number of nitro benzene ring substituents is 2. The van der Waals surface area contributed by atoms with Gasteiger partial charge in [0.25, 0.3) is 11.4 Å². The van der Waals surface area contributed by atoms with Crippen LogP contribution in [0.3, 0.4) is 0 Å². The molecule has 2 unspecified atom stereocenters. The molecular weight excluding hydrogens is 460 g/mol. The molecule has 12 heteroatoms. The maximum atomic E-state index is 13.3. The maximum Gasteiger partial charge on any atom is 0.366 e. The smallest absolute Gasteiger partial charge is 0.366 e. The van der Waals surface area contributed by atoms with Gasteiger partial charge >= 0.3 is 5.97 Å². The van der Waals surface area contributed by atoms with Crippen LogP contribution in [0.2, 0.25) is 0 Å². The lowest BCUT2D eigenvalue weighted by Crippen LogP contribution is -2.46. The number of oxime groups is 1. The first kappa shape index (κ1) is 24.0. The Kier molecular flexibility index (Phi) is 5.70. The number of fused-ring (bicyclic) bond motifs is 2. The Hall–Kier alpha value is -4.09. The number of non-ortho nitro benzene ring substituents is 2. The van der Waals surface area contributed by atoms with Gasteiger partial charge in [0, 0.05) is 24.0 Å². The van der Waals surface area contributed by atoms with Crippen molar-refractivity contribution >= 4 is 29.0 Å². The van der Waals surface area contributed by atoms with Gasteiger partial charge in [0.05, 0.1) is 45.4 Å². The fourth-order valence-corrected chi connectivity index (χ4v) is 5.35. The second-order valence-electron chi connectivity index (χ2n) is 9.65. The molecule has 0 radical (unpaired) electrons. The van der Waals surface area contributed by atoms with Crippen LogP contribution < -0.4 is 5.32 Å². The Balaban J connectivity index is 1.57. The topological polar surface area (TPSA) is 167 Å². The number of hydrogen-bond donors (Lipinski definition) is 1. The second-order valence-corrected chi connectivity index (χ2v) is 9.65. The van der Waals surface area contributed by atoms with Gasteiger partial charge in [0.2, 0.25) is 5.91 Å². The van der Waals surface area contributed by atoms with Gasteiger partial charge in [0.1, 0.15) is 5.76 Å². The minimum atomic E-state index is -1.06. The number of hydrogen-bond acceptors (Lipinski definition) is 9. The predicted octanol–water partition coefficient (Wildman–Crippen LogP) is 4.14. The third-order valence-corrected chi connectivity index (χ3v) is 7.97. The van der Waals surface area contributed by atoms with E-state index in [1.807, 2.05) is 20.8 Å². The van der Waals surface area contributed by atoms with Crippen molar-refractivity contribution in [1.82, 2.24) is 5.32 Å². The van der Waals surface area contributed by atoms with Crippen molar-refractivity contribution in [3.63, 3.8) is 0 Å². The summed E-state index contributed by atoms with van der Waals surface area (Å²) in [6.45, 7) is 6.18. The monoisotopic (exact) mass is 484 g/mol. The molecule has 1 amide bonds. The number of nitrogens with one attached hydrogen (secondary N) is 1. The third kappa shape index (κ3) is 3.74. The lowest BCUT2D eigenvalue weighted by Gasteiger charge is -2.39. The number of nitro groups is 2. The van der Waals surface area contributed by atoms with Crippen molar-refractivity contribution < 1.29 is 28.7 Å². The average Bonchev–Trinajstić information content (AvgIpc) is 3.45. The number of amides is 1. The van der Waals surface area contributed by atoms with E-state index in [-0.39, 0.29) is 24.4 Å². The van der Waals surface area contributed by atoms with Crippen LogP contribution in [0.25, 0.3) is 0 Å². The van der Waals surface area contributed by atoms with Gasteiger partial charge in [0.15, 0.2) is 0 Å². The fraction of sp³-hybridized carbons (Fsp3) is 0.435. The van der Waals surface area contributed by atoms with E-state index in [2.05, 4.69) is 10.5 Å². The quantitative estimate of drug-likeness (QED) is 0.347. The number of nitrogens with zero attached hydrogens (tertiary/aromatic N) is 3. The summed E-state index contributed by atoms with van der Waals surface area (Å²) in [6, 6.07) is 6.05. The molecule has 1 aromatic carbocycles. The zero-order valence-electron chi connectivity index (χ0n) is 19.4. The highest BCUT2D eigenvalue weighted by Gasteiger charge is 2.71. The van der Waals surface area contributed by atoms with Crippen LogP contribution in [0.5, 0.6) is 0 Å². The molecule has 1 N–H and O–H groups in total. The summed E-state index contributed by atoms with van der Waals surface area (Å²) in [5.41, 5.74) is -2.89. The molecule has 1 heterocycles. The highest BCUT2D eigenvalue weighted by molar-refractivity contribution is 6.02. The Morgan fingerprint density at radius 2 is 1.77 bits per heavy atom. The highest BCUT2D eigenvalue weighted by Crippen LogP contribution is 2.71. The molecule has 184 valence electrons. The van der Waals surface area contributed by atoms with Gasteiger partial charge in [-0.3, -0.25) is 25.0 Å². The molecule has 4 rings (SSSR count). The molecule has 2 atom stereocenters. The van der Waals surface area contributed by atoms with Crippen LogP contribution in [0.4, 0.5) is 11.4 Å². The predicted molar refractivity (Wildman–Crippen MR) is 121 cm³/mol. The Morgan fingerprint density at radius 3 is 2.34 bits per heavy atom. The largest absolute Gasteiger partial charge is 0.467 e. The summed E-state index contributed by atoms with van der Waals surface area (Å²) in [5, 5.41) is 29.2. The summed E-state index contributed by atoms with van der Waals surface area (Å²) in [7, 11) is 0. The molecule has 2 aliphatic carbocycles. The van der Waals surface area contributed by atoms with E-state index in [1.165, 1.54) is 6.26 Å². The number of rotatable bonds is 7. The van der Waals surface area contributed by atoms with Crippen LogP contribution in [-0.2, 0) is 16.2 Å². The lowest BCUT2D eigenvalue weighted by atomic mass is 9.64. The third-order valence-electron chi connectivity index (χ3n) is 7.97. The number of carbonyl (C=O) groups is 2. The minimum absolute atomic E-state index is 0.145. The SMILES string of the molecule is CC12CCC(C(=O)NCc3ccco3)(C/C1=N\OC(=O)c1cc([N+](=O)[O-])cc([N+](=O)[O-])c1)C2(C)C. The molecule has 0 aliphatic heterocycles. The molecule has 2 aliphatic rings. The van der Waals surface area contributed by atoms with Gasteiger partial charge in [-0.05, 0) is 30.4 Å². The Morgan fingerprint density at radius 1 is 1.11 bits per heavy atom. The Labute approximate surface area is 199 Å². The molecule has 12 nitrogen and oxygen atoms in total. The number of carbonyl (C=O) groups excluding carboxylic acids is 2. The molecule has 2 saturated carbocycles. The first-order chi connectivity index (χ1) is 16.4. The van der Waals surface area contributed by atoms with Crippen molar-refractivity contribution in [2.75, 3.05) is 0 Å². The van der Waals surface area contributed by atoms with Crippen LogP contribution in [0.15, 0.2) is 46.2 Å². The standard InChI is InChI=1S/C23H24N4O8/c1-21(2)22(3)6-7-23(21,20(29)24-13-17-5-4-8-34-17)12-18(22)25-35-19(28)14-9-15(26(30)31)11-16(10-14)27(32)33/h4-5,8-11H,6-7,12-13H2,1-3H3,(H,24,29)/b25-18+. The van der Waals surface area contributed by atoms with E-state index in [4.69, 9.17) is 9.25 Å². The maximum absolute atomic E-state index is 13.3. The number of benzene rings is 1. The first-order valence-electron chi connectivity index (χ1n) is 10.9. The summed E-state index contributed by atoms with van der Waals surface area (Å²) < 4.78 is 5.29. The van der Waals surface area contributed by atoms with Crippen LogP contribution in [0.1, 0.15) is 56.2 Å². The van der Waals surface area contributed by atoms with E-state index in [0.717, 1.165) is 18.2 Å². The zero-order chi connectivity index (χ0) is 25.6. The van der Waals surface area contributed by atoms with E-state index in [9.17, 15) is 29.8 Å². The van der Waals surface area contributed by atoms with Gasteiger partial charge in [-0.15, -0.1) is 0 Å². The minimum Gasteiger partial charge on any atom is -0.467 e. The van der Waals surface area contributed by atoms with Crippen LogP contribution in [0, 0.1) is 36.5 Å². The summed E-state index contributed by atoms with van der Waals surface area (Å²) in [6.07, 6.45) is 3.07. The second kappa shape index (κ2) is 8.29. The van der Waals surface area contributed by atoms with Gasteiger partial charge < -0.3 is 14.6 Å². The number of furan rings is 1. The van der Waals surface area contributed by atoms with E-state index in [0.29, 0.717) is 24.3 Å². The van der Waals surface area contributed by atoms with E-state index >= 15 is 0 Å². The van der Waals surface area contributed by atoms with Crippen molar-refractivity contribution in [1.29, 1.82) is 0 Å². The molecule has 0 spiro atoms. The summed E-state index contributed by atoms with van der Waals surface area (Å²) in [4.78, 5) is 51.6. The van der Waals surface area contributed by atoms with Crippen LogP contribution >= 0.6 is 0 Å². The van der Waals surface area contributed by atoms with Gasteiger partial charge in [-0.25, -0.2) is 4.79 Å². The van der Waals surface area contributed by atoms with Crippen molar-refractivity contribution in [3.05, 3.63) is 68.1 Å². The van der Waals surface area contributed by atoms with Crippen molar-refractivity contribution in [3.8, 4) is 0 Å². The first-order valence-corrected chi connectivity index (χ1v) is 10.9. The van der Waals surface area contributed by atoms with Crippen LogP contribution in [-0.4, -0.2) is 27.4 Å². The highest BCUT2D eigenvalue weighted by atomic mass is 16.7. The van der Waals surface area contributed by atoms with E-state index < -0.39 is 43.4 Å². The van der Waals surface area contributed by atoms with Crippen molar-refractivity contribution in [2.45, 2.75) is 46.6 Å². The lowest BCUT2D eigenvalue weighted by molar-refractivity contribution is -0.394. The average molecular weight is 484 g/mol. The summed E-state index contributed by atoms with van der Waals surface area (Å²) >= 11 is 0. The fourth-order valence-electron chi connectivity index (χ4n) is 5.35. The zero-order valence-corrected chi connectivity index (χ0v) is 19.4. The molecule has 0 saturated heterocycles. The normalized spacial score (nSPS) is 25.4. The molecule has 1 aromatic heterocycles. The van der Waals surface area contributed by atoms with E-state index in [1.54, 1.807) is 12.1 Å². The van der Waals surface area contributed by atoms with Crippen molar-refractivity contribution in [2.24, 2.45) is 21.4 Å². The Bertz CT molecular complexity index is 1220. The summed E-state index contributed by atoms with van der Waals surface area (Å²) in [5.74, 6) is -0.585. The molecule has 2 bridgehead atoms. The molecular formula is C23H24N4O8. The molecule has 2 aromatic rings. The molecule has 2 fully saturated rings. The van der Waals surface area contributed by atoms with Gasteiger partial charge in [-0.1, -0.05) is 25.9 Å².